The fraction of sp³-hybridized carbons (Fsp3) is 0.429. The van der Waals surface area contributed by atoms with Crippen molar-refractivity contribution in [1.29, 1.82) is 0 Å². The highest BCUT2D eigenvalue weighted by Gasteiger charge is 2.37. The first-order valence-electron chi connectivity index (χ1n) is 20.3. The van der Waals surface area contributed by atoms with Gasteiger partial charge in [0.2, 0.25) is 11.8 Å². The molecule has 9 heterocycles. The largest absolute Gasteiger partial charge is 0.471 e. The van der Waals surface area contributed by atoms with Crippen LogP contribution in [-0.2, 0) is 27.1 Å². The van der Waals surface area contributed by atoms with E-state index in [1.54, 1.807) is 41.4 Å². The van der Waals surface area contributed by atoms with Crippen LogP contribution in [-0.4, -0.2) is 133 Å². The predicted octanol–water partition coefficient (Wildman–Crippen LogP) is 2.01. The molecule has 5 aromatic rings. The van der Waals surface area contributed by atoms with E-state index >= 15 is 0 Å². The molecule has 2 amide bonds. The number of anilines is 4. The molecule has 0 saturated carbocycles. The van der Waals surface area contributed by atoms with Crippen LogP contribution in [0.25, 0.3) is 11.2 Å². The molecule has 326 valence electrons. The minimum atomic E-state index is -0.455. The number of pyridine rings is 2. The maximum atomic E-state index is 13.1. The molecule has 4 aliphatic heterocycles. The van der Waals surface area contributed by atoms with Gasteiger partial charge in [-0.3, -0.25) is 9.59 Å². The number of nitrogens with two attached hydrogens (primary N) is 1. The fourth-order valence-corrected chi connectivity index (χ4v) is 7.85. The molecular formula is C42H50N12O8. The van der Waals surface area contributed by atoms with Gasteiger partial charge < -0.3 is 55.3 Å². The molecule has 2 saturated heterocycles. The number of hydrogen-bond donors (Lipinski definition) is 5. The number of carbonyl (C=O) groups is 2. The number of aromatic nitrogens is 7. The number of aliphatic hydroxyl groups is 2. The van der Waals surface area contributed by atoms with Crippen LogP contribution in [0.2, 0.25) is 0 Å². The second-order valence-electron chi connectivity index (χ2n) is 16.4. The third-order valence-electron chi connectivity index (χ3n) is 10.7. The highest BCUT2D eigenvalue weighted by molar-refractivity contribution is 6.24. The van der Waals surface area contributed by atoms with E-state index in [9.17, 15) is 19.8 Å². The van der Waals surface area contributed by atoms with Gasteiger partial charge in [-0.1, -0.05) is 0 Å². The highest BCUT2D eigenvalue weighted by Crippen LogP contribution is 2.41. The number of nitrogens with zero attached hydrogens (tertiary/aromatic N) is 9. The smallest absolute Gasteiger partial charge is 0.261 e. The average Bonchev–Trinajstić information content (AvgIpc) is 3.93. The van der Waals surface area contributed by atoms with E-state index in [0.29, 0.717) is 98.3 Å². The Bertz CT molecular complexity index is 2480. The van der Waals surface area contributed by atoms with Crippen molar-refractivity contribution in [2.24, 2.45) is 5.73 Å². The molecule has 9 rings (SSSR count). The standard InChI is InChI=1S/C21H24N6O4.C21H26N6O4/c1-21(2)9-13-8-16(24-19(29)15-10-23-27-5-3-4-22-17(15)27)18(25-20(13)31-21)26-6-7-30-12-14(26)11-28;1-21(2)9-13-8-16(25-19(29)15(10-22)17-23-4-3-5-24-17)18(26-20(13)31-21)27-6-7-30-12-14(27)11-28/h3-5,8,10,14,28H,6-7,9,11-12H2,1-2H3,(H,24,29);3-5,8,10,14,28H,6-7,9,11-12,22H2,1-2H3,(H,25,29)/t2*14-/m10/s1. The number of carbonyl (C=O) groups excluding carboxylic acids is 2. The normalized spacial score (nSPS) is 20.0. The van der Waals surface area contributed by atoms with E-state index in [-0.39, 0.29) is 48.2 Å². The number of aliphatic hydroxyl groups excluding tert-OH is 2. The molecule has 5 aromatic heterocycles. The molecule has 20 nitrogen and oxygen atoms in total. The van der Waals surface area contributed by atoms with Crippen LogP contribution in [0.15, 0.2) is 61.4 Å². The van der Waals surface area contributed by atoms with Gasteiger partial charge in [0.25, 0.3) is 11.8 Å². The lowest BCUT2D eigenvalue weighted by Crippen LogP contribution is -2.48. The Morgan fingerprint density at radius 2 is 1.37 bits per heavy atom. The third-order valence-corrected chi connectivity index (χ3v) is 10.7. The lowest BCUT2D eigenvalue weighted by atomic mass is 10.0. The van der Waals surface area contributed by atoms with Gasteiger partial charge in [0, 0.05) is 68.0 Å². The van der Waals surface area contributed by atoms with Crippen molar-refractivity contribution in [3.63, 3.8) is 0 Å². The first-order valence-corrected chi connectivity index (χ1v) is 20.3. The van der Waals surface area contributed by atoms with Crippen molar-refractivity contribution in [1.82, 2.24) is 34.5 Å². The van der Waals surface area contributed by atoms with E-state index in [1.165, 1.54) is 12.4 Å². The van der Waals surface area contributed by atoms with Gasteiger partial charge in [-0.05, 0) is 52.0 Å². The third kappa shape index (κ3) is 8.80. The summed E-state index contributed by atoms with van der Waals surface area (Å²) in [7, 11) is 0. The molecule has 2 atom stereocenters. The molecule has 0 aromatic carbocycles. The van der Waals surface area contributed by atoms with Crippen LogP contribution in [0.3, 0.4) is 0 Å². The molecule has 0 bridgehead atoms. The maximum absolute atomic E-state index is 13.1. The van der Waals surface area contributed by atoms with E-state index in [0.717, 1.165) is 11.1 Å². The fourth-order valence-electron chi connectivity index (χ4n) is 7.85. The zero-order chi connectivity index (χ0) is 43.6. The summed E-state index contributed by atoms with van der Waals surface area (Å²) in [5.74, 6) is 1.59. The van der Waals surface area contributed by atoms with Gasteiger partial charge in [-0.25, -0.2) is 19.5 Å². The Labute approximate surface area is 357 Å². The average molecular weight is 851 g/mol. The van der Waals surface area contributed by atoms with E-state index in [4.69, 9.17) is 34.6 Å². The Hall–Kier alpha value is -6.48. The number of nitrogens with one attached hydrogen (secondary N) is 2. The quantitative estimate of drug-likeness (QED) is 0.133. The number of ether oxygens (including phenoxy) is 4. The summed E-state index contributed by atoms with van der Waals surface area (Å²) in [5.41, 5.74) is 8.81. The molecule has 20 heteroatoms. The minimum Gasteiger partial charge on any atom is -0.471 e. The topological polar surface area (TPSA) is 250 Å². The Balaban J connectivity index is 0.000000171. The second kappa shape index (κ2) is 17.5. The molecule has 2 fully saturated rings. The summed E-state index contributed by atoms with van der Waals surface area (Å²) in [6, 6.07) is 6.64. The van der Waals surface area contributed by atoms with E-state index < -0.39 is 11.5 Å². The summed E-state index contributed by atoms with van der Waals surface area (Å²) < 4.78 is 24.6. The van der Waals surface area contributed by atoms with Gasteiger partial charge in [0.05, 0.1) is 74.9 Å². The van der Waals surface area contributed by atoms with Crippen LogP contribution in [0.1, 0.15) is 55.0 Å². The summed E-state index contributed by atoms with van der Waals surface area (Å²) in [5, 5.41) is 29.8. The van der Waals surface area contributed by atoms with Crippen molar-refractivity contribution >= 4 is 46.0 Å². The van der Waals surface area contributed by atoms with Crippen LogP contribution in [0.4, 0.5) is 23.0 Å². The minimum absolute atomic E-state index is 0.0868. The molecule has 0 unspecified atom stereocenters. The van der Waals surface area contributed by atoms with Crippen LogP contribution in [0, 0.1) is 0 Å². The van der Waals surface area contributed by atoms with Crippen LogP contribution >= 0.6 is 0 Å². The monoisotopic (exact) mass is 850 g/mol. The van der Waals surface area contributed by atoms with Gasteiger partial charge in [0.15, 0.2) is 23.1 Å². The molecular weight excluding hydrogens is 801 g/mol. The number of fused-ring (bicyclic) bond motifs is 3. The summed E-state index contributed by atoms with van der Waals surface area (Å²) in [4.78, 5) is 52.1. The van der Waals surface area contributed by atoms with Gasteiger partial charge in [0.1, 0.15) is 16.8 Å². The summed E-state index contributed by atoms with van der Waals surface area (Å²) in [6.07, 6.45) is 10.5. The summed E-state index contributed by atoms with van der Waals surface area (Å²) in [6.45, 7) is 10.6. The van der Waals surface area contributed by atoms with Crippen molar-refractivity contribution in [3.05, 3.63) is 84.0 Å². The molecule has 62 heavy (non-hydrogen) atoms. The first kappa shape index (κ1) is 42.2. The number of amides is 2. The Kier molecular flexibility index (Phi) is 11.9. The van der Waals surface area contributed by atoms with Crippen molar-refractivity contribution in [2.75, 3.05) is 73.2 Å². The summed E-state index contributed by atoms with van der Waals surface area (Å²) >= 11 is 0. The maximum Gasteiger partial charge on any atom is 0.261 e. The Morgan fingerprint density at radius 1 is 0.823 bits per heavy atom. The lowest BCUT2D eigenvalue weighted by molar-refractivity contribution is -0.111. The number of hydrogen-bond acceptors (Lipinski definition) is 17. The molecule has 0 aliphatic carbocycles. The van der Waals surface area contributed by atoms with Crippen molar-refractivity contribution in [3.8, 4) is 11.8 Å². The molecule has 4 aliphatic rings. The number of morpholine rings is 2. The lowest BCUT2D eigenvalue weighted by Gasteiger charge is -2.36. The van der Waals surface area contributed by atoms with E-state index in [2.05, 4.69) is 30.7 Å². The molecule has 0 radical (unpaired) electrons. The number of rotatable bonds is 9. The highest BCUT2D eigenvalue weighted by atomic mass is 16.5. The van der Waals surface area contributed by atoms with Crippen molar-refractivity contribution in [2.45, 2.75) is 63.8 Å². The Morgan fingerprint density at radius 3 is 1.92 bits per heavy atom. The van der Waals surface area contributed by atoms with Crippen LogP contribution in [0.5, 0.6) is 11.8 Å². The predicted molar refractivity (Wildman–Crippen MR) is 227 cm³/mol. The zero-order valence-corrected chi connectivity index (χ0v) is 34.9. The van der Waals surface area contributed by atoms with Gasteiger partial charge in [-0.15, -0.1) is 0 Å². The van der Waals surface area contributed by atoms with Crippen molar-refractivity contribution < 1.29 is 38.7 Å². The van der Waals surface area contributed by atoms with E-state index in [1.807, 2.05) is 49.6 Å². The first-order chi connectivity index (χ1) is 29.9. The second-order valence-corrected chi connectivity index (χ2v) is 16.4. The molecule has 0 spiro atoms. The van der Waals surface area contributed by atoms with Gasteiger partial charge in [-0.2, -0.15) is 15.1 Å². The van der Waals surface area contributed by atoms with Crippen LogP contribution < -0.4 is 35.6 Å². The molecule has 6 N–H and O–H groups in total. The van der Waals surface area contributed by atoms with Gasteiger partial charge >= 0.3 is 0 Å². The SMILES string of the molecule is CC1(C)Cc2cc(NC(=O)C(=CN)c3ncccn3)c(N3CCOC[C@@H]3CO)nc2O1.CC1(C)Cc2cc(NC(=O)c3cnn4cccnc34)c(N3CCOC[C@H]3CO)nc2O1. The zero-order valence-electron chi connectivity index (χ0n) is 34.9.